The van der Waals surface area contributed by atoms with Gasteiger partial charge in [0, 0.05) is 23.8 Å². The summed E-state index contributed by atoms with van der Waals surface area (Å²) >= 11 is 0. The number of ether oxygens (including phenoxy) is 2. The molecule has 4 heteroatoms. The summed E-state index contributed by atoms with van der Waals surface area (Å²) in [5.74, 6) is 1.47. The Morgan fingerprint density at radius 1 is 1.25 bits per heavy atom. The maximum absolute atomic E-state index is 6.00. The van der Waals surface area contributed by atoms with Crippen LogP contribution < -0.4 is 20.5 Å². The highest BCUT2D eigenvalue weighted by molar-refractivity contribution is 5.55. The molecular formula is C12H18N2O2. The van der Waals surface area contributed by atoms with Gasteiger partial charge in [-0.15, -0.1) is 0 Å². The van der Waals surface area contributed by atoms with Gasteiger partial charge in [-0.1, -0.05) is 0 Å². The zero-order valence-corrected chi connectivity index (χ0v) is 9.75. The molecule has 1 aliphatic rings. The minimum absolute atomic E-state index is 0.00711. The Balaban J connectivity index is 2.04. The second-order valence-electron chi connectivity index (χ2n) is 4.29. The highest BCUT2D eigenvalue weighted by Crippen LogP contribution is 2.34. The minimum Gasteiger partial charge on any atom is -0.493 e. The van der Waals surface area contributed by atoms with Gasteiger partial charge in [-0.05, 0) is 25.0 Å². The van der Waals surface area contributed by atoms with Crippen LogP contribution in [0.5, 0.6) is 11.5 Å². The van der Waals surface area contributed by atoms with Crippen molar-refractivity contribution in [1.82, 2.24) is 0 Å². The molecule has 1 aliphatic carbocycles. The highest BCUT2D eigenvalue weighted by atomic mass is 16.5. The lowest BCUT2D eigenvalue weighted by molar-refractivity contribution is 0.355. The van der Waals surface area contributed by atoms with Crippen LogP contribution in [0.25, 0.3) is 0 Å². The molecule has 1 fully saturated rings. The van der Waals surface area contributed by atoms with E-state index in [1.54, 1.807) is 14.2 Å². The fourth-order valence-corrected chi connectivity index (χ4v) is 1.56. The van der Waals surface area contributed by atoms with Gasteiger partial charge >= 0.3 is 0 Å². The SMILES string of the molecule is COc1ccc(NCC2(N)CC2)cc1OC. The number of hydrogen-bond acceptors (Lipinski definition) is 4. The van der Waals surface area contributed by atoms with Crippen LogP contribution in [0.1, 0.15) is 12.8 Å². The summed E-state index contributed by atoms with van der Waals surface area (Å²) in [5, 5.41) is 3.31. The van der Waals surface area contributed by atoms with Crippen LogP contribution in [0.3, 0.4) is 0 Å². The number of nitrogens with two attached hydrogens (primary N) is 1. The summed E-state index contributed by atoms with van der Waals surface area (Å²) in [5.41, 5.74) is 7.02. The molecule has 0 saturated heterocycles. The standard InChI is InChI=1S/C12H18N2O2/c1-15-10-4-3-9(7-11(10)16-2)14-8-12(13)5-6-12/h3-4,7,14H,5-6,8,13H2,1-2H3. The van der Waals surface area contributed by atoms with E-state index in [1.165, 1.54) is 0 Å². The van der Waals surface area contributed by atoms with E-state index in [9.17, 15) is 0 Å². The van der Waals surface area contributed by atoms with E-state index in [1.807, 2.05) is 18.2 Å². The first-order valence-electron chi connectivity index (χ1n) is 5.42. The number of rotatable bonds is 5. The van der Waals surface area contributed by atoms with E-state index < -0.39 is 0 Å². The molecule has 0 bridgehead atoms. The number of anilines is 1. The van der Waals surface area contributed by atoms with Crippen LogP contribution in [-0.2, 0) is 0 Å². The topological polar surface area (TPSA) is 56.5 Å². The van der Waals surface area contributed by atoms with E-state index in [2.05, 4.69) is 5.32 Å². The summed E-state index contributed by atoms with van der Waals surface area (Å²) in [7, 11) is 3.26. The Morgan fingerprint density at radius 2 is 1.94 bits per heavy atom. The molecule has 88 valence electrons. The molecule has 4 nitrogen and oxygen atoms in total. The predicted octanol–water partition coefficient (Wildman–Crippen LogP) is 1.61. The largest absolute Gasteiger partial charge is 0.493 e. The normalized spacial score (nSPS) is 16.7. The molecule has 0 unspecified atom stereocenters. The zero-order valence-electron chi connectivity index (χ0n) is 9.75. The minimum atomic E-state index is 0.00711. The zero-order chi connectivity index (χ0) is 11.6. The second kappa shape index (κ2) is 4.22. The molecule has 0 atom stereocenters. The van der Waals surface area contributed by atoms with Gasteiger partial charge in [-0.3, -0.25) is 0 Å². The Hall–Kier alpha value is -1.42. The lowest BCUT2D eigenvalue weighted by Gasteiger charge is -2.13. The molecule has 0 radical (unpaired) electrons. The van der Waals surface area contributed by atoms with Gasteiger partial charge in [0.1, 0.15) is 0 Å². The molecule has 0 aromatic heterocycles. The summed E-state index contributed by atoms with van der Waals surface area (Å²) in [6.45, 7) is 0.808. The Labute approximate surface area is 95.7 Å². The van der Waals surface area contributed by atoms with Gasteiger partial charge in [0.15, 0.2) is 11.5 Å². The number of methoxy groups -OCH3 is 2. The van der Waals surface area contributed by atoms with E-state index >= 15 is 0 Å². The van der Waals surface area contributed by atoms with Crippen LogP contribution in [0.2, 0.25) is 0 Å². The van der Waals surface area contributed by atoms with Crippen molar-refractivity contribution in [2.45, 2.75) is 18.4 Å². The molecule has 2 rings (SSSR count). The first kappa shape index (κ1) is 11.1. The van der Waals surface area contributed by atoms with Crippen LogP contribution in [0, 0.1) is 0 Å². The van der Waals surface area contributed by atoms with Crippen LogP contribution >= 0.6 is 0 Å². The number of hydrogen-bond donors (Lipinski definition) is 2. The van der Waals surface area contributed by atoms with Gasteiger partial charge < -0.3 is 20.5 Å². The van der Waals surface area contributed by atoms with E-state index in [0.717, 1.165) is 36.6 Å². The molecule has 1 saturated carbocycles. The summed E-state index contributed by atoms with van der Waals surface area (Å²) in [4.78, 5) is 0. The van der Waals surface area contributed by atoms with Gasteiger partial charge in [-0.25, -0.2) is 0 Å². The fraction of sp³-hybridized carbons (Fsp3) is 0.500. The molecule has 0 heterocycles. The smallest absolute Gasteiger partial charge is 0.162 e. The van der Waals surface area contributed by atoms with Crippen molar-refractivity contribution in [1.29, 1.82) is 0 Å². The second-order valence-corrected chi connectivity index (χ2v) is 4.29. The third-order valence-electron chi connectivity index (χ3n) is 2.92. The molecule has 0 amide bonds. The first-order chi connectivity index (χ1) is 7.67. The monoisotopic (exact) mass is 222 g/mol. The van der Waals surface area contributed by atoms with Gasteiger partial charge in [0.25, 0.3) is 0 Å². The van der Waals surface area contributed by atoms with E-state index in [0.29, 0.717) is 0 Å². The molecule has 16 heavy (non-hydrogen) atoms. The van der Waals surface area contributed by atoms with Gasteiger partial charge in [-0.2, -0.15) is 0 Å². The summed E-state index contributed by atoms with van der Waals surface area (Å²) < 4.78 is 10.4. The Kier molecular flexibility index (Phi) is 2.92. The number of benzene rings is 1. The van der Waals surface area contributed by atoms with Crippen molar-refractivity contribution in [3.63, 3.8) is 0 Å². The first-order valence-corrected chi connectivity index (χ1v) is 5.42. The lowest BCUT2D eigenvalue weighted by Crippen LogP contribution is -2.31. The average molecular weight is 222 g/mol. The summed E-state index contributed by atoms with van der Waals surface area (Å²) in [6, 6.07) is 5.77. The maximum Gasteiger partial charge on any atom is 0.162 e. The van der Waals surface area contributed by atoms with Crippen LogP contribution in [0.15, 0.2) is 18.2 Å². The van der Waals surface area contributed by atoms with Crippen molar-refractivity contribution in [3.05, 3.63) is 18.2 Å². The van der Waals surface area contributed by atoms with Crippen LogP contribution in [-0.4, -0.2) is 26.3 Å². The molecule has 3 N–H and O–H groups in total. The van der Waals surface area contributed by atoms with E-state index in [-0.39, 0.29) is 5.54 Å². The predicted molar refractivity (Wildman–Crippen MR) is 64.2 cm³/mol. The molecule has 0 aliphatic heterocycles. The highest BCUT2D eigenvalue weighted by Gasteiger charge is 2.37. The summed E-state index contributed by atoms with van der Waals surface area (Å²) in [6.07, 6.45) is 2.21. The van der Waals surface area contributed by atoms with Gasteiger partial charge in [0.2, 0.25) is 0 Å². The lowest BCUT2D eigenvalue weighted by atomic mass is 10.2. The van der Waals surface area contributed by atoms with Crippen molar-refractivity contribution in [2.24, 2.45) is 5.73 Å². The van der Waals surface area contributed by atoms with Crippen LogP contribution in [0.4, 0.5) is 5.69 Å². The average Bonchev–Trinajstić information content (AvgIpc) is 3.05. The maximum atomic E-state index is 6.00. The fourth-order valence-electron chi connectivity index (χ4n) is 1.56. The third kappa shape index (κ3) is 2.39. The number of nitrogens with one attached hydrogen (secondary N) is 1. The Bertz CT molecular complexity index is 375. The quantitative estimate of drug-likeness (QED) is 0.794. The molecule has 1 aromatic rings. The van der Waals surface area contributed by atoms with E-state index in [4.69, 9.17) is 15.2 Å². The van der Waals surface area contributed by atoms with Gasteiger partial charge in [0.05, 0.1) is 14.2 Å². The third-order valence-corrected chi connectivity index (χ3v) is 2.92. The molecule has 1 aromatic carbocycles. The molecular weight excluding hydrogens is 204 g/mol. The van der Waals surface area contributed by atoms with Crippen molar-refractivity contribution < 1.29 is 9.47 Å². The molecule has 0 spiro atoms. The van der Waals surface area contributed by atoms with Crippen molar-refractivity contribution >= 4 is 5.69 Å². The van der Waals surface area contributed by atoms with Crippen molar-refractivity contribution in [2.75, 3.05) is 26.1 Å². The van der Waals surface area contributed by atoms with Crippen molar-refractivity contribution in [3.8, 4) is 11.5 Å². The Morgan fingerprint density at radius 3 is 2.50 bits per heavy atom.